The molecular weight excluding hydrogens is 428 g/mol. The van der Waals surface area contributed by atoms with Crippen molar-refractivity contribution in [2.75, 3.05) is 13.7 Å². The molecule has 3 rings (SSSR count). The van der Waals surface area contributed by atoms with E-state index in [9.17, 15) is 50.8 Å². The van der Waals surface area contributed by atoms with Crippen LogP contribution in [0.2, 0.25) is 0 Å². The second-order valence-electron chi connectivity index (χ2n) is 7.89. The number of methoxy groups -OCH3 is 1. The van der Waals surface area contributed by atoms with Crippen LogP contribution in [0, 0.1) is 0 Å². The van der Waals surface area contributed by atoms with Crippen molar-refractivity contribution in [1.29, 1.82) is 0 Å². The standard InChI is InChI=1S/C17H26O14/c1-15(25)10(22)11(23)16(26)5(12(24)28-2)4-29-14(17(15,16)27)31-13-9(21)8(20)7(19)6(3-18)30-13/h4,6-11,13-14,18-23,25-27H,3H2,1-2H3. The molecule has 11 atom stereocenters. The van der Waals surface area contributed by atoms with Crippen LogP contribution < -0.4 is 0 Å². The smallest absolute Gasteiger partial charge is 0.340 e. The van der Waals surface area contributed by atoms with Crippen molar-refractivity contribution in [1.82, 2.24) is 0 Å². The molecule has 31 heavy (non-hydrogen) atoms. The molecule has 1 saturated carbocycles. The molecule has 0 aromatic heterocycles. The zero-order valence-electron chi connectivity index (χ0n) is 16.5. The van der Waals surface area contributed by atoms with E-state index in [2.05, 4.69) is 4.74 Å². The highest BCUT2D eigenvalue weighted by atomic mass is 16.8. The Balaban J connectivity index is 2.04. The van der Waals surface area contributed by atoms with Gasteiger partial charge in [0.1, 0.15) is 54.1 Å². The number of carbonyl (C=O) groups is 1. The maximum atomic E-state index is 12.1. The number of ether oxygens (including phenoxy) is 4. The van der Waals surface area contributed by atoms with Crippen molar-refractivity contribution in [3.05, 3.63) is 11.8 Å². The van der Waals surface area contributed by atoms with E-state index in [-0.39, 0.29) is 0 Å². The van der Waals surface area contributed by atoms with E-state index in [1.54, 1.807) is 0 Å². The third-order valence-electron chi connectivity index (χ3n) is 6.23. The lowest BCUT2D eigenvalue weighted by Gasteiger charge is -2.51. The molecule has 2 fully saturated rings. The molecule has 2 aliphatic heterocycles. The van der Waals surface area contributed by atoms with Crippen LogP contribution in [0.5, 0.6) is 0 Å². The van der Waals surface area contributed by atoms with Crippen molar-refractivity contribution >= 4 is 5.97 Å². The molecule has 0 spiro atoms. The molecule has 1 saturated heterocycles. The van der Waals surface area contributed by atoms with Crippen LogP contribution >= 0.6 is 0 Å². The van der Waals surface area contributed by atoms with E-state index in [0.717, 1.165) is 14.0 Å². The summed E-state index contributed by atoms with van der Waals surface area (Å²) in [4.78, 5) is 12.1. The molecule has 3 aliphatic rings. The monoisotopic (exact) mass is 454 g/mol. The molecule has 0 radical (unpaired) electrons. The van der Waals surface area contributed by atoms with Crippen molar-refractivity contribution < 1.29 is 69.7 Å². The Labute approximate surface area is 175 Å². The third-order valence-corrected chi connectivity index (χ3v) is 6.23. The number of rotatable bonds is 4. The Morgan fingerprint density at radius 1 is 1.06 bits per heavy atom. The second-order valence-corrected chi connectivity index (χ2v) is 7.89. The van der Waals surface area contributed by atoms with Gasteiger partial charge in [0.25, 0.3) is 0 Å². The number of hydrogen-bond acceptors (Lipinski definition) is 14. The Hall–Kier alpha value is -1.43. The summed E-state index contributed by atoms with van der Waals surface area (Å²) in [6.07, 6.45) is -15.0. The first-order valence-corrected chi connectivity index (χ1v) is 9.24. The molecule has 0 aromatic rings. The number of esters is 1. The van der Waals surface area contributed by atoms with Gasteiger partial charge in [0.15, 0.2) is 17.5 Å². The van der Waals surface area contributed by atoms with Crippen molar-refractivity contribution in [2.24, 2.45) is 0 Å². The lowest BCUT2D eigenvalue weighted by Crippen LogP contribution is -2.74. The molecule has 9 N–H and O–H groups in total. The van der Waals surface area contributed by atoms with Gasteiger partial charge in [-0.1, -0.05) is 0 Å². The van der Waals surface area contributed by atoms with Gasteiger partial charge >= 0.3 is 5.97 Å². The van der Waals surface area contributed by atoms with Gasteiger partial charge in [-0.3, -0.25) is 0 Å². The van der Waals surface area contributed by atoms with Crippen LogP contribution in [0.4, 0.5) is 0 Å². The number of fused-ring (bicyclic) bond motifs is 1. The second kappa shape index (κ2) is 7.86. The molecule has 178 valence electrons. The summed E-state index contributed by atoms with van der Waals surface area (Å²) in [5, 5.41) is 93.3. The first-order valence-electron chi connectivity index (χ1n) is 9.24. The highest BCUT2D eigenvalue weighted by molar-refractivity contribution is 5.91. The summed E-state index contributed by atoms with van der Waals surface area (Å²) in [5.41, 5.74) is -9.86. The van der Waals surface area contributed by atoms with Crippen molar-refractivity contribution in [3.63, 3.8) is 0 Å². The van der Waals surface area contributed by atoms with E-state index in [0.29, 0.717) is 6.26 Å². The van der Waals surface area contributed by atoms with Crippen molar-refractivity contribution in [3.8, 4) is 0 Å². The zero-order chi connectivity index (χ0) is 23.5. The van der Waals surface area contributed by atoms with E-state index in [1.807, 2.05) is 0 Å². The predicted octanol–water partition coefficient (Wildman–Crippen LogP) is -5.84. The fourth-order valence-electron chi connectivity index (χ4n) is 4.22. The summed E-state index contributed by atoms with van der Waals surface area (Å²) in [7, 11) is 0.929. The zero-order valence-corrected chi connectivity index (χ0v) is 16.5. The van der Waals surface area contributed by atoms with Gasteiger partial charge in [0.2, 0.25) is 6.29 Å². The van der Waals surface area contributed by atoms with Crippen LogP contribution in [0.1, 0.15) is 6.92 Å². The molecular formula is C17H26O14. The highest BCUT2D eigenvalue weighted by Crippen LogP contribution is 2.55. The first kappa shape index (κ1) is 24.2. The van der Waals surface area contributed by atoms with E-state index in [1.165, 1.54) is 0 Å². The summed E-state index contributed by atoms with van der Waals surface area (Å²) in [5.74, 6) is -1.27. The predicted molar refractivity (Wildman–Crippen MR) is 92.4 cm³/mol. The molecule has 14 nitrogen and oxygen atoms in total. The number of aliphatic hydroxyl groups excluding tert-OH is 6. The van der Waals surface area contributed by atoms with Crippen molar-refractivity contribution in [2.45, 2.75) is 72.9 Å². The van der Waals surface area contributed by atoms with Gasteiger partial charge in [-0.15, -0.1) is 0 Å². The van der Waals surface area contributed by atoms with Crippen LogP contribution in [0.3, 0.4) is 0 Å². The minimum absolute atomic E-state index is 0.562. The van der Waals surface area contributed by atoms with Gasteiger partial charge in [-0.25, -0.2) is 4.79 Å². The maximum absolute atomic E-state index is 12.1. The van der Waals surface area contributed by atoms with E-state index >= 15 is 0 Å². The molecule has 1 aliphatic carbocycles. The van der Waals surface area contributed by atoms with Crippen LogP contribution in [0.25, 0.3) is 0 Å². The van der Waals surface area contributed by atoms with Gasteiger partial charge < -0.3 is 64.9 Å². The highest BCUT2D eigenvalue weighted by Gasteiger charge is 2.81. The SMILES string of the molecule is COC(=O)C1=COC(OC2OC(CO)C(O)C(O)C2O)C2(O)C(C)(O)C(O)C(O)C12O. The summed E-state index contributed by atoms with van der Waals surface area (Å²) in [6, 6.07) is 0. The van der Waals surface area contributed by atoms with Crippen LogP contribution in [-0.4, -0.2) is 132 Å². The summed E-state index contributed by atoms with van der Waals surface area (Å²) < 4.78 is 20.1. The van der Waals surface area contributed by atoms with Gasteiger partial charge in [0, 0.05) is 0 Å². The van der Waals surface area contributed by atoms with Crippen LogP contribution in [-0.2, 0) is 23.7 Å². The third kappa shape index (κ3) is 3.03. The lowest BCUT2D eigenvalue weighted by molar-refractivity contribution is -0.384. The van der Waals surface area contributed by atoms with Gasteiger partial charge in [-0.2, -0.15) is 0 Å². The topological polar surface area (TPSA) is 236 Å². The average molecular weight is 454 g/mol. The molecule has 11 unspecified atom stereocenters. The molecule has 2 heterocycles. The fourth-order valence-corrected chi connectivity index (χ4v) is 4.22. The number of carbonyl (C=O) groups excluding carboxylic acids is 1. The Bertz CT molecular complexity index is 738. The molecule has 14 heteroatoms. The molecule has 0 bridgehead atoms. The first-order chi connectivity index (χ1) is 14.3. The Morgan fingerprint density at radius 2 is 1.68 bits per heavy atom. The lowest BCUT2D eigenvalue weighted by atomic mass is 9.72. The van der Waals surface area contributed by atoms with Crippen LogP contribution in [0.15, 0.2) is 11.8 Å². The Kier molecular flexibility index (Phi) is 6.14. The molecule has 0 aromatic carbocycles. The normalized spacial score (nSPS) is 52.2. The minimum atomic E-state index is -3.16. The summed E-state index contributed by atoms with van der Waals surface area (Å²) >= 11 is 0. The number of hydrogen-bond donors (Lipinski definition) is 9. The number of aliphatic hydroxyl groups is 9. The Morgan fingerprint density at radius 3 is 2.23 bits per heavy atom. The van der Waals surface area contributed by atoms with Gasteiger partial charge in [0.05, 0.1) is 13.7 Å². The maximum Gasteiger partial charge on any atom is 0.340 e. The van der Waals surface area contributed by atoms with E-state index in [4.69, 9.17) is 14.2 Å². The molecule has 0 amide bonds. The van der Waals surface area contributed by atoms with E-state index < -0.39 is 84.2 Å². The average Bonchev–Trinajstić information content (AvgIpc) is 2.84. The summed E-state index contributed by atoms with van der Waals surface area (Å²) in [6.45, 7) is 0.0259. The fraction of sp³-hybridized carbons (Fsp3) is 0.824. The minimum Gasteiger partial charge on any atom is -0.468 e. The largest absolute Gasteiger partial charge is 0.468 e. The quantitative estimate of drug-likeness (QED) is 0.180. The van der Waals surface area contributed by atoms with Gasteiger partial charge in [-0.05, 0) is 6.92 Å².